The molecule has 1 aliphatic heterocycles. The van der Waals surface area contributed by atoms with Crippen LogP contribution in [0.25, 0.3) is 10.1 Å². The maximum atomic E-state index is 11.8. The van der Waals surface area contributed by atoms with Gasteiger partial charge < -0.3 is 10.0 Å². The van der Waals surface area contributed by atoms with Crippen molar-refractivity contribution < 1.29 is 18.3 Å². The predicted molar refractivity (Wildman–Crippen MR) is 81.7 cm³/mol. The van der Waals surface area contributed by atoms with E-state index in [0.29, 0.717) is 5.82 Å². The Kier molecular flexibility index (Phi) is 3.58. The average Bonchev–Trinajstić information content (AvgIpc) is 2.85. The van der Waals surface area contributed by atoms with Gasteiger partial charge >= 0.3 is 5.97 Å². The van der Waals surface area contributed by atoms with Crippen LogP contribution in [0, 0.1) is 0 Å². The molecule has 6 nitrogen and oxygen atoms in total. The van der Waals surface area contributed by atoms with Gasteiger partial charge in [0, 0.05) is 22.8 Å². The molecule has 0 saturated carbocycles. The Morgan fingerprint density at radius 2 is 2.29 bits per heavy atom. The first-order valence-electron chi connectivity index (χ1n) is 6.47. The summed E-state index contributed by atoms with van der Waals surface area (Å²) >= 11 is 1.58. The first-order valence-corrected chi connectivity index (χ1v) is 9.17. The van der Waals surface area contributed by atoms with Crippen molar-refractivity contribution in [1.82, 2.24) is 4.98 Å². The van der Waals surface area contributed by atoms with E-state index in [-0.39, 0.29) is 24.5 Å². The highest BCUT2D eigenvalue weighted by molar-refractivity contribution is 7.91. The van der Waals surface area contributed by atoms with Crippen molar-refractivity contribution in [1.29, 1.82) is 0 Å². The number of hydrogen-bond acceptors (Lipinski definition) is 6. The predicted octanol–water partition coefficient (Wildman–Crippen LogP) is 1.37. The maximum absolute atomic E-state index is 11.8. The van der Waals surface area contributed by atoms with Gasteiger partial charge in [-0.15, -0.1) is 11.3 Å². The highest BCUT2D eigenvalue weighted by Crippen LogP contribution is 2.31. The minimum Gasteiger partial charge on any atom is -0.481 e. The SMILES string of the molecule is O=C(O)CC1CS(=O)(=O)CCN1c1nccc2sccc12. The lowest BCUT2D eigenvalue weighted by Gasteiger charge is -2.35. The fraction of sp³-hybridized carbons (Fsp3) is 0.385. The Bertz CT molecular complexity index is 784. The molecule has 8 heteroatoms. The molecule has 21 heavy (non-hydrogen) atoms. The van der Waals surface area contributed by atoms with Gasteiger partial charge in [-0.25, -0.2) is 13.4 Å². The van der Waals surface area contributed by atoms with Gasteiger partial charge in [0.25, 0.3) is 0 Å². The highest BCUT2D eigenvalue weighted by Gasteiger charge is 2.34. The Hall–Kier alpha value is -1.67. The lowest BCUT2D eigenvalue weighted by atomic mass is 10.1. The van der Waals surface area contributed by atoms with Gasteiger partial charge in [-0.3, -0.25) is 4.79 Å². The number of hydrogen-bond donors (Lipinski definition) is 1. The second kappa shape index (κ2) is 5.27. The van der Waals surface area contributed by atoms with Crippen LogP contribution < -0.4 is 4.90 Å². The van der Waals surface area contributed by atoms with Gasteiger partial charge in [-0.1, -0.05) is 0 Å². The molecule has 1 fully saturated rings. The normalized spacial score (nSPS) is 21.5. The summed E-state index contributed by atoms with van der Waals surface area (Å²) in [4.78, 5) is 17.2. The number of rotatable bonds is 3. The van der Waals surface area contributed by atoms with Crippen molar-refractivity contribution in [2.75, 3.05) is 23.0 Å². The highest BCUT2D eigenvalue weighted by atomic mass is 32.2. The Balaban J connectivity index is 2.02. The standard InChI is InChI=1S/C13H14N2O4S2/c16-12(17)7-9-8-21(18,19)6-4-15(9)13-10-2-5-20-11(10)1-3-14-13/h1-3,5,9H,4,6-8H2,(H,16,17). The third kappa shape index (κ3) is 2.86. The maximum Gasteiger partial charge on any atom is 0.305 e. The summed E-state index contributed by atoms with van der Waals surface area (Å²) in [6, 6.07) is 3.26. The third-order valence-corrected chi connectivity index (χ3v) is 6.15. The molecule has 2 aromatic heterocycles. The summed E-state index contributed by atoms with van der Waals surface area (Å²) in [5.74, 6) is -0.429. The summed E-state index contributed by atoms with van der Waals surface area (Å²) in [7, 11) is -3.19. The fourth-order valence-electron chi connectivity index (χ4n) is 2.64. The van der Waals surface area contributed by atoms with Crippen LogP contribution in [0.5, 0.6) is 0 Å². The molecule has 1 aliphatic rings. The van der Waals surface area contributed by atoms with Gasteiger partial charge in [0.1, 0.15) is 5.82 Å². The van der Waals surface area contributed by atoms with Crippen LogP contribution >= 0.6 is 11.3 Å². The second-order valence-corrected chi connectivity index (χ2v) is 8.20. The van der Waals surface area contributed by atoms with Crippen molar-refractivity contribution in [2.24, 2.45) is 0 Å². The zero-order valence-corrected chi connectivity index (χ0v) is 12.7. The van der Waals surface area contributed by atoms with E-state index in [9.17, 15) is 13.2 Å². The lowest BCUT2D eigenvalue weighted by Crippen LogP contribution is -2.49. The van der Waals surface area contributed by atoms with E-state index in [1.807, 2.05) is 22.4 Å². The van der Waals surface area contributed by atoms with Crippen LogP contribution in [-0.2, 0) is 14.6 Å². The molecular formula is C13H14N2O4S2. The number of carboxylic acid groups (broad SMARTS) is 1. The molecule has 1 atom stereocenters. The zero-order valence-electron chi connectivity index (χ0n) is 11.1. The number of sulfone groups is 1. The van der Waals surface area contributed by atoms with E-state index in [1.165, 1.54) is 0 Å². The van der Waals surface area contributed by atoms with Crippen molar-refractivity contribution in [3.63, 3.8) is 0 Å². The van der Waals surface area contributed by atoms with Crippen LogP contribution in [0.1, 0.15) is 6.42 Å². The molecular weight excluding hydrogens is 312 g/mol. The number of pyridine rings is 1. The molecule has 1 unspecified atom stereocenters. The minimum atomic E-state index is -3.19. The number of carboxylic acids is 1. The number of aliphatic carboxylic acids is 1. The molecule has 3 heterocycles. The van der Waals surface area contributed by atoms with Crippen LogP contribution in [-0.4, -0.2) is 48.6 Å². The van der Waals surface area contributed by atoms with Gasteiger partial charge in [-0.05, 0) is 17.5 Å². The Labute approximate surface area is 125 Å². The monoisotopic (exact) mass is 326 g/mol. The lowest BCUT2D eigenvalue weighted by molar-refractivity contribution is -0.137. The number of fused-ring (bicyclic) bond motifs is 1. The molecule has 2 aromatic rings. The number of anilines is 1. The summed E-state index contributed by atoms with van der Waals surface area (Å²) in [6.07, 6.45) is 1.47. The van der Waals surface area contributed by atoms with E-state index in [2.05, 4.69) is 4.98 Å². The molecule has 0 radical (unpaired) electrons. The first-order chi connectivity index (χ1) is 9.96. The topological polar surface area (TPSA) is 87.6 Å². The molecule has 0 aliphatic carbocycles. The van der Waals surface area contributed by atoms with Crippen molar-refractivity contribution in [3.05, 3.63) is 23.7 Å². The zero-order chi connectivity index (χ0) is 15.0. The summed E-state index contributed by atoms with van der Waals surface area (Å²) in [5, 5.41) is 11.9. The second-order valence-electron chi connectivity index (χ2n) is 5.03. The fourth-order valence-corrected chi connectivity index (χ4v) is 4.95. The molecule has 0 amide bonds. The molecule has 112 valence electrons. The van der Waals surface area contributed by atoms with Crippen LogP contribution in [0.2, 0.25) is 0 Å². The molecule has 0 spiro atoms. The van der Waals surface area contributed by atoms with Crippen LogP contribution in [0.3, 0.4) is 0 Å². The largest absolute Gasteiger partial charge is 0.481 e. The van der Waals surface area contributed by atoms with E-state index >= 15 is 0 Å². The first kappa shape index (κ1) is 14.3. The molecule has 0 aromatic carbocycles. The number of aromatic nitrogens is 1. The van der Waals surface area contributed by atoms with Gasteiger partial charge in [-0.2, -0.15) is 0 Å². The minimum absolute atomic E-state index is 0.0331. The van der Waals surface area contributed by atoms with Gasteiger partial charge in [0.2, 0.25) is 0 Å². The van der Waals surface area contributed by atoms with E-state index in [0.717, 1.165) is 10.1 Å². The number of nitrogens with zero attached hydrogens (tertiary/aromatic N) is 2. The van der Waals surface area contributed by atoms with Crippen molar-refractivity contribution in [3.8, 4) is 0 Å². The Morgan fingerprint density at radius 1 is 1.48 bits per heavy atom. The quantitative estimate of drug-likeness (QED) is 0.917. The molecule has 1 N–H and O–H groups in total. The van der Waals surface area contributed by atoms with Crippen molar-refractivity contribution in [2.45, 2.75) is 12.5 Å². The molecule has 3 rings (SSSR count). The number of thiophene rings is 1. The van der Waals surface area contributed by atoms with Crippen LogP contribution in [0.15, 0.2) is 23.7 Å². The van der Waals surface area contributed by atoms with E-state index in [1.54, 1.807) is 17.5 Å². The summed E-state index contributed by atoms with van der Waals surface area (Å²) < 4.78 is 24.6. The van der Waals surface area contributed by atoms with Crippen LogP contribution in [0.4, 0.5) is 5.82 Å². The average molecular weight is 326 g/mol. The third-order valence-electron chi connectivity index (χ3n) is 3.57. The summed E-state index contributed by atoms with van der Waals surface area (Å²) in [5.41, 5.74) is 0. The van der Waals surface area contributed by atoms with Crippen molar-refractivity contribution >= 4 is 43.0 Å². The summed E-state index contributed by atoms with van der Waals surface area (Å²) in [6.45, 7) is 0.280. The molecule has 1 saturated heterocycles. The van der Waals surface area contributed by atoms with E-state index in [4.69, 9.17) is 5.11 Å². The molecule has 0 bridgehead atoms. The number of carbonyl (C=O) groups is 1. The van der Waals surface area contributed by atoms with Gasteiger partial charge in [0.15, 0.2) is 9.84 Å². The smallest absolute Gasteiger partial charge is 0.305 e. The Morgan fingerprint density at radius 3 is 3.05 bits per heavy atom. The van der Waals surface area contributed by atoms with E-state index < -0.39 is 21.8 Å². The van der Waals surface area contributed by atoms with Gasteiger partial charge in [0.05, 0.1) is 24.0 Å².